The van der Waals surface area contributed by atoms with E-state index in [-0.39, 0.29) is 0 Å². The van der Waals surface area contributed by atoms with Crippen molar-refractivity contribution < 1.29 is 9.90 Å². The highest BCUT2D eigenvalue weighted by Gasteiger charge is 2.40. The van der Waals surface area contributed by atoms with Gasteiger partial charge in [-0.05, 0) is 73.4 Å². The summed E-state index contributed by atoms with van der Waals surface area (Å²) in [6.07, 6.45) is 3.20. The first kappa shape index (κ1) is 23.1. The Morgan fingerprint density at radius 3 is 2.43 bits per heavy atom. The predicted octanol–water partition coefficient (Wildman–Crippen LogP) is 5.86. The van der Waals surface area contributed by atoms with Crippen LogP contribution in [0, 0.1) is 0 Å². The Balaban J connectivity index is 1.48. The van der Waals surface area contributed by atoms with Gasteiger partial charge in [0.2, 0.25) is 0 Å². The highest BCUT2D eigenvalue weighted by atomic mass is 32.2. The summed E-state index contributed by atoms with van der Waals surface area (Å²) in [7, 11) is 0. The molecule has 9 heteroatoms. The summed E-state index contributed by atoms with van der Waals surface area (Å²) in [4.78, 5) is 26.6. The van der Waals surface area contributed by atoms with E-state index in [4.69, 9.17) is 15.7 Å². The van der Waals surface area contributed by atoms with E-state index in [1.165, 1.54) is 0 Å². The van der Waals surface area contributed by atoms with Gasteiger partial charge in [-0.15, -0.1) is 0 Å². The summed E-state index contributed by atoms with van der Waals surface area (Å²) in [5, 5.41) is 12.9. The molecule has 1 fully saturated rings. The molecule has 6 rings (SSSR count). The van der Waals surface area contributed by atoms with Crippen LogP contribution in [0.1, 0.15) is 24.8 Å². The summed E-state index contributed by atoms with van der Waals surface area (Å²) in [5.41, 5.74) is 9.68. The highest BCUT2D eigenvalue weighted by Crippen LogP contribution is 2.42. The maximum absolute atomic E-state index is 11.4. The monoisotopic (exact) mass is 508 g/mol. The van der Waals surface area contributed by atoms with Crippen molar-refractivity contribution in [2.75, 3.05) is 5.73 Å². The largest absolute Gasteiger partial charge is 0.465 e. The number of nitrogens with zero attached hydrogens (tertiary/aromatic N) is 4. The normalized spacial score (nSPS) is 14.3. The summed E-state index contributed by atoms with van der Waals surface area (Å²) < 4.78 is 1.99. The third-order valence-electron chi connectivity index (χ3n) is 6.76. The van der Waals surface area contributed by atoms with Crippen molar-refractivity contribution >= 4 is 34.8 Å². The van der Waals surface area contributed by atoms with Gasteiger partial charge in [0.05, 0.1) is 11.1 Å². The van der Waals surface area contributed by atoms with Crippen molar-refractivity contribution in [1.82, 2.24) is 24.8 Å². The number of nitrogens with two attached hydrogens (primary N) is 1. The van der Waals surface area contributed by atoms with Crippen molar-refractivity contribution in [2.24, 2.45) is 0 Å². The average Bonchev–Trinajstić information content (AvgIpc) is 3.26. The molecular weight excluding hydrogens is 484 g/mol. The van der Waals surface area contributed by atoms with Crippen LogP contribution in [0.3, 0.4) is 0 Å². The second-order valence-electron chi connectivity index (χ2n) is 9.03. The number of imidazole rings is 1. The second-order valence-corrected chi connectivity index (χ2v) is 10.1. The van der Waals surface area contributed by atoms with Crippen LogP contribution in [0.25, 0.3) is 28.2 Å². The first-order chi connectivity index (χ1) is 18.0. The van der Waals surface area contributed by atoms with Gasteiger partial charge < -0.3 is 16.2 Å². The number of hydrogen-bond acceptors (Lipinski definition) is 6. The van der Waals surface area contributed by atoms with E-state index in [0.29, 0.717) is 22.9 Å². The van der Waals surface area contributed by atoms with E-state index in [9.17, 15) is 9.90 Å². The number of benzene rings is 2. The number of hydrogen-bond donors (Lipinski definition) is 3. The maximum Gasteiger partial charge on any atom is 0.405 e. The van der Waals surface area contributed by atoms with Crippen molar-refractivity contribution in [1.29, 1.82) is 0 Å². The van der Waals surface area contributed by atoms with Crippen LogP contribution in [0.4, 0.5) is 10.6 Å². The fourth-order valence-corrected chi connectivity index (χ4v) is 5.59. The van der Waals surface area contributed by atoms with Crippen LogP contribution in [-0.2, 0) is 5.54 Å². The van der Waals surface area contributed by atoms with Crippen LogP contribution < -0.4 is 11.1 Å². The number of pyridine rings is 2. The van der Waals surface area contributed by atoms with Crippen LogP contribution in [0.2, 0.25) is 0 Å². The Morgan fingerprint density at radius 1 is 0.973 bits per heavy atom. The molecular formula is C28H24N6O2S. The van der Waals surface area contributed by atoms with E-state index in [1.807, 2.05) is 71.3 Å². The topological polar surface area (TPSA) is 119 Å². The fraction of sp³-hybridized carbons (Fsp3) is 0.143. The molecule has 5 aromatic rings. The molecule has 0 spiro atoms. The molecule has 0 saturated heterocycles. The summed E-state index contributed by atoms with van der Waals surface area (Å²) in [6.45, 7) is 0. The summed E-state index contributed by atoms with van der Waals surface area (Å²) >= 11 is 1.58. The minimum absolute atomic E-state index is 0.383. The molecule has 3 aromatic heterocycles. The molecule has 1 saturated carbocycles. The fourth-order valence-electron chi connectivity index (χ4n) is 4.79. The molecule has 0 aliphatic heterocycles. The van der Waals surface area contributed by atoms with Gasteiger partial charge in [-0.25, -0.2) is 19.7 Å². The summed E-state index contributed by atoms with van der Waals surface area (Å²) in [6, 6.07) is 25.7. The van der Waals surface area contributed by atoms with E-state index in [1.54, 1.807) is 18.0 Å². The van der Waals surface area contributed by atoms with Gasteiger partial charge in [0, 0.05) is 16.8 Å². The standard InChI is InChI=1S/C28H24N6O2S/c29-24-21(8-4-17-30-24)25-31-22-13-14-23(37-20-6-2-1-3-7-20)32-26(22)34(25)19-11-9-18(10-12-19)28(15-5-16-28)33-27(35)36/h1-4,6-14,17,33H,5,15-16H2,(H2,29,30)(H,35,36). The van der Waals surface area contributed by atoms with Crippen LogP contribution in [-0.4, -0.2) is 30.7 Å². The molecule has 37 heavy (non-hydrogen) atoms. The van der Waals surface area contributed by atoms with Gasteiger partial charge in [-0.3, -0.25) is 4.57 Å². The number of nitrogen functional groups attached to an aromatic ring is 1. The molecule has 0 radical (unpaired) electrons. The van der Waals surface area contributed by atoms with Crippen LogP contribution in [0.15, 0.2) is 95.0 Å². The molecule has 184 valence electrons. The van der Waals surface area contributed by atoms with Crippen molar-refractivity contribution in [3.8, 4) is 17.1 Å². The Morgan fingerprint density at radius 2 is 1.76 bits per heavy atom. The molecule has 1 amide bonds. The van der Waals surface area contributed by atoms with Crippen molar-refractivity contribution in [3.63, 3.8) is 0 Å². The molecule has 4 N–H and O–H groups in total. The molecule has 0 atom stereocenters. The lowest BCUT2D eigenvalue weighted by Crippen LogP contribution is -2.50. The average molecular weight is 509 g/mol. The number of carbonyl (C=O) groups is 1. The zero-order valence-electron chi connectivity index (χ0n) is 19.8. The SMILES string of the molecule is Nc1ncccc1-c1nc2ccc(Sc3ccccc3)nc2n1-c1ccc(C2(NC(=O)O)CCC2)cc1. The number of carboxylic acid groups (broad SMARTS) is 1. The van der Waals surface area contributed by atoms with Gasteiger partial charge >= 0.3 is 6.09 Å². The lowest BCUT2D eigenvalue weighted by molar-refractivity contribution is 0.144. The van der Waals surface area contributed by atoms with Crippen molar-refractivity contribution in [2.45, 2.75) is 34.7 Å². The number of anilines is 1. The third kappa shape index (κ3) is 4.27. The minimum Gasteiger partial charge on any atom is -0.465 e. The van der Waals surface area contributed by atoms with Gasteiger partial charge in [-0.2, -0.15) is 0 Å². The first-order valence-corrected chi connectivity index (χ1v) is 12.8. The quantitative estimate of drug-likeness (QED) is 0.263. The Bertz CT molecular complexity index is 1600. The molecule has 2 aromatic carbocycles. The third-order valence-corrected chi connectivity index (χ3v) is 7.70. The van der Waals surface area contributed by atoms with Gasteiger partial charge in [0.25, 0.3) is 0 Å². The lowest BCUT2D eigenvalue weighted by Gasteiger charge is -2.42. The van der Waals surface area contributed by atoms with Gasteiger partial charge in [0.1, 0.15) is 16.4 Å². The molecule has 0 unspecified atom stereocenters. The second kappa shape index (κ2) is 9.25. The number of fused-ring (bicyclic) bond motifs is 1. The van der Waals surface area contributed by atoms with E-state index in [0.717, 1.165) is 46.0 Å². The Kier molecular flexibility index (Phi) is 5.77. The highest BCUT2D eigenvalue weighted by molar-refractivity contribution is 7.99. The van der Waals surface area contributed by atoms with Gasteiger partial charge in [0.15, 0.2) is 11.5 Å². The molecule has 0 bridgehead atoms. The smallest absolute Gasteiger partial charge is 0.405 e. The molecule has 8 nitrogen and oxygen atoms in total. The van der Waals surface area contributed by atoms with E-state index >= 15 is 0 Å². The zero-order valence-corrected chi connectivity index (χ0v) is 20.7. The maximum atomic E-state index is 11.4. The zero-order chi connectivity index (χ0) is 25.4. The molecule has 1 aliphatic rings. The molecule has 1 aliphatic carbocycles. The minimum atomic E-state index is -1.01. The van der Waals surface area contributed by atoms with Crippen LogP contribution >= 0.6 is 11.8 Å². The predicted molar refractivity (Wildman–Crippen MR) is 144 cm³/mol. The summed E-state index contributed by atoms with van der Waals surface area (Å²) in [5.74, 6) is 1.03. The Hall–Kier alpha value is -4.37. The Labute approximate surface area is 217 Å². The number of rotatable bonds is 6. The van der Waals surface area contributed by atoms with Crippen LogP contribution in [0.5, 0.6) is 0 Å². The van der Waals surface area contributed by atoms with Gasteiger partial charge in [-0.1, -0.05) is 42.1 Å². The first-order valence-electron chi connectivity index (χ1n) is 12.0. The lowest BCUT2D eigenvalue weighted by atomic mass is 9.72. The number of nitrogens with one attached hydrogen (secondary N) is 1. The molecule has 3 heterocycles. The number of aromatic nitrogens is 4. The van der Waals surface area contributed by atoms with E-state index in [2.05, 4.69) is 22.4 Å². The van der Waals surface area contributed by atoms with Crippen molar-refractivity contribution in [3.05, 3.63) is 90.6 Å². The van der Waals surface area contributed by atoms with E-state index < -0.39 is 11.6 Å². The number of amides is 1.